The predicted octanol–water partition coefficient (Wildman–Crippen LogP) is 7.12. The van der Waals surface area contributed by atoms with Gasteiger partial charge in [0.2, 0.25) is 0 Å². The number of hydrogen-bond donors (Lipinski definition) is 1. The molecule has 0 aromatic heterocycles. The van der Waals surface area contributed by atoms with E-state index < -0.39 is 17.4 Å². The fourth-order valence-corrected chi connectivity index (χ4v) is 4.66. The molecule has 0 atom stereocenters. The molecule has 0 spiro atoms. The molecule has 0 amide bonds. The number of benzene rings is 2. The van der Waals surface area contributed by atoms with E-state index in [4.69, 9.17) is 14.2 Å². The quantitative estimate of drug-likeness (QED) is 0.0870. The minimum atomic E-state index is -1.43. The van der Waals surface area contributed by atoms with Crippen LogP contribution in [0, 0.1) is 19.3 Å². The fraction of sp³-hybridized carbons (Fsp3) is 0.471. The lowest BCUT2D eigenvalue weighted by Gasteiger charge is -2.26. The maximum Gasteiger partial charge on any atom is 0.324 e. The Morgan fingerprint density at radius 2 is 1.50 bits per heavy atom. The monoisotopic (exact) mass is 549 g/mol. The third kappa shape index (κ3) is 11.0. The number of carbonyl (C=O) groups excluding carboxylic acids is 2. The van der Waals surface area contributed by atoms with Crippen LogP contribution in [0.1, 0.15) is 74.6 Å². The number of carbonyl (C=O) groups is 2. The fourth-order valence-electron chi connectivity index (χ4n) is 4.66. The minimum absolute atomic E-state index is 0.144. The smallest absolute Gasteiger partial charge is 0.324 e. The van der Waals surface area contributed by atoms with Crippen LogP contribution in [0.25, 0.3) is 6.08 Å². The van der Waals surface area contributed by atoms with Crippen LogP contribution in [0.4, 0.5) is 0 Å². The molecule has 0 saturated carbocycles. The van der Waals surface area contributed by atoms with Gasteiger partial charge in [0.25, 0.3) is 0 Å². The number of ether oxygens (including phenoxy) is 3. The van der Waals surface area contributed by atoms with Crippen LogP contribution in [0.5, 0.6) is 5.75 Å². The second-order valence-electron chi connectivity index (χ2n) is 10.1. The molecular formula is C34H47NO5. The summed E-state index contributed by atoms with van der Waals surface area (Å²) in [5.41, 5.74) is 3.50. The molecule has 0 bridgehead atoms. The number of nitrogens with one attached hydrogen (secondary N) is 1. The van der Waals surface area contributed by atoms with Gasteiger partial charge in [-0.05, 0) is 83.2 Å². The molecular weight excluding hydrogens is 502 g/mol. The lowest BCUT2D eigenvalue weighted by Crippen LogP contribution is -2.41. The first kappa shape index (κ1) is 32.8. The standard InChI is InChI=1S/C34H47NO5/c1-6-19-34(32(36)38-7-2,33(37)39-8-3)20-13-14-29-15-17-31(18-16-29)40-22-12-10-9-11-21-35-26-30-24-27(4)23-28(5)25-30/h6,13-18,23-25,35H,1,7-12,19-22,26H2,2-5H3/b14-13+. The van der Waals surface area contributed by atoms with E-state index in [1.54, 1.807) is 19.9 Å². The Hall–Kier alpha value is -3.38. The van der Waals surface area contributed by atoms with Crippen LogP contribution >= 0.6 is 0 Å². The molecule has 2 aromatic rings. The van der Waals surface area contributed by atoms with Crippen molar-refractivity contribution in [1.82, 2.24) is 5.32 Å². The molecule has 0 aliphatic rings. The normalized spacial score (nSPS) is 11.4. The van der Waals surface area contributed by atoms with Gasteiger partial charge in [0, 0.05) is 6.54 Å². The molecule has 40 heavy (non-hydrogen) atoms. The zero-order valence-corrected chi connectivity index (χ0v) is 24.8. The summed E-state index contributed by atoms with van der Waals surface area (Å²) in [5, 5.41) is 3.54. The molecule has 0 radical (unpaired) electrons. The van der Waals surface area contributed by atoms with Gasteiger partial charge in [0.15, 0.2) is 5.41 Å². The molecule has 0 saturated heterocycles. The Kier molecular flexibility index (Phi) is 14.8. The van der Waals surface area contributed by atoms with Gasteiger partial charge in [0.05, 0.1) is 19.8 Å². The number of esters is 2. The van der Waals surface area contributed by atoms with E-state index in [0.29, 0.717) is 6.61 Å². The van der Waals surface area contributed by atoms with Crippen molar-refractivity contribution in [3.05, 3.63) is 83.4 Å². The van der Waals surface area contributed by atoms with Crippen molar-refractivity contribution >= 4 is 18.0 Å². The van der Waals surface area contributed by atoms with Crippen LogP contribution in [-0.4, -0.2) is 38.3 Å². The van der Waals surface area contributed by atoms with E-state index in [2.05, 4.69) is 43.9 Å². The van der Waals surface area contributed by atoms with Crippen molar-refractivity contribution in [2.45, 2.75) is 72.8 Å². The van der Waals surface area contributed by atoms with E-state index >= 15 is 0 Å². The van der Waals surface area contributed by atoms with Gasteiger partial charge in [-0.2, -0.15) is 0 Å². The molecule has 218 valence electrons. The zero-order chi connectivity index (χ0) is 29.2. The van der Waals surface area contributed by atoms with Gasteiger partial charge in [-0.1, -0.05) is 72.5 Å². The molecule has 6 nitrogen and oxygen atoms in total. The van der Waals surface area contributed by atoms with Crippen LogP contribution < -0.4 is 10.1 Å². The summed E-state index contributed by atoms with van der Waals surface area (Å²) in [4.78, 5) is 25.4. The first-order chi connectivity index (χ1) is 19.3. The molecule has 2 rings (SSSR count). The summed E-state index contributed by atoms with van der Waals surface area (Å²) in [6.07, 6.45) is 10.0. The highest BCUT2D eigenvalue weighted by atomic mass is 16.6. The van der Waals surface area contributed by atoms with Gasteiger partial charge >= 0.3 is 11.9 Å². The minimum Gasteiger partial charge on any atom is -0.494 e. The van der Waals surface area contributed by atoms with E-state index in [1.165, 1.54) is 23.1 Å². The van der Waals surface area contributed by atoms with Crippen molar-refractivity contribution in [3.63, 3.8) is 0 Å². The summed E-state index contributed by atoms with van der Waals surface area (Å²) >= 11 is 0. The molecule has 2 aromatic carbocycles. The zero-order valence-electron chi connectivity index (χ0n) is 24.8. The molecule has 0 unspecified atom stereocenters. The lowest BCUT2D eigenvalue weighted by atomic mass is 9.80. The third-order valence-electron chi connectivity index (χ3n) is 6.61. The summed E-state index contributed by atoms with van der Waals surface area (Å²) in [7, 11) is 0. The summed E-state index contributed by atoms with van der Waals surface area (Å²) in [5.74, 6) is -0.350. The Bertz CT molecular complexity index is 1050. The van der Waals surface area contributed by atoms with E-state index in [-0.39, 0.29) is 26.1 Å². The number of rotatable bonds is 19. The van der Waals surface area contributed by atoms with Gasteiger partial charge in [-0.25, -0.2) is 0 Å². The van der Waals surface area contributed by atoms with Crippen molar-refractivity contribution in [2.75, 3.05) is 26.4 Å². The lowest BCUT2D eigenvalue weighted by molar-refractivity contribution is -0.171. The van der Waals surface area contributed by atoms with Crippen molar-refractivity contribution in [1.29, 1.82) is 0 Å². The van der Waals surface area contributed by atoms with Crippen LogP contribution in [0.3, 0.4) is 0 Å². The summed E-state index contributed by atoms with van der Waals surface area (Å²) < 4.78 is 16.3. The van der Waals surface area contributed by atoms with Crippen LogP contribution in [0.15, 0.2) is 61.2 Å². The molecule has 1 N–H and O–H groups in total. The summed E-state index contributed by atoms with van der Waals surface area (Å²) in [6, 6.07) is 14.5. The highest BCUT2D eigenvalue weighted by Crippen LogP contribution is 2.32. The first-order valence-electron chi connectivity index (χ1n) is 14.5. The van der Waals surface area contributed by atoms with E-state index in [9.17, 15) is 9.59 Å². The topological polar surface area (TPSA) is 73.9 Å². The molecule has 6 heteroatoms. The van der Waals surface area contributed by atoms with E-state index in [1.807, 2.05) is 36.4 Å². The van der Waals surface area contributed by atoms with Gasteiger partial charge in [-0.3, -0.25) is 9.59 Å². The Balaban J connectivity index is 1.72. The average Bonchev–Trinajstić information content (AvgIpc) is 2.92. The highest BCUT2D eigenvalue weighted by molar-refractivity contribution is 6.00. The molecule has 0 aliphatic carbocycles. The van der Waals surface area contributed by atoms with E-state index in [0.717, 1.165) is 43.7 Å². The van der Waals surface area contributed by atoms with Crippen LogP contribution in [0.2, 0.25) is 0 Å². The number of aryl methyl sites for hydroxylation is 2. The Morgan fingerprint density at radius 1 is 0.875 bits per heavy atom. The first-order valence-corrected chi connectivity index (χ1v) is 14.5. The van der Waals surface area contributed by atoms with Crippen LogP contribution in [-0.2, 0) is 25.6 Å². The highest BCUT2D eigenvalue weighted by Gasteiger charge is 2.46. The Morgan fingerprint density at radius 3 is 2.10 bits per heavy atom. The Labute approximate surface area is 240 Å². The maximum absolute atomic E-state index is 12.7. The largest absolute Gasteiger partial charge is 0.494 e. The predicted molar refractivity (Wildman–Crippen MR) is 162 cm³/mol. The third-order valence-corrected chi connectivity index (χ3v) is 6.61. The molecule has 0 aliphatic heterocycles. The molecule has 0 fully saturated rings. The number of unbranched alkanes of at least 4 members (excludes halogenated alkanes) is 3. The second kappa shape index (κ2) is 18.1. The maximum atomic E-state index is 12.7. The SMILES string of the molecule is C=CCC(C/C=C/c1ccc(OCCCCCCNCc2cc(C)cc(C)c2)cc1)(C(=O)OCC)C(=O)OCC. The number of allylic oxidation sites excluding steroid dienone is 2. The van der Waals surface area contributed by atoms with Crippen molar-refractivity contribution in [3.8, 4) is 5.75 Å². The molecule has 0 heterocycles. The summed E-state index contributed by atoms with van der Waals surface area (Å²) in [6.45, 7) is 14.4. The van der Waals surface area contributed by atoms with Crippen molar-refractivity contribution in [2.24, 2.45) is 5.41 Å². The second-order valence-corrected chi connectivity index (χ2v) is 10.1. The number of hydrogen-bond acceptors (Lipinski definition) is 6. The van der Waals surface area contributed by atoms with Gasteiger partial charge < -0.3 is 19.5 Å². The van der Waals surface area contributed by atoms with Crippen molar-refractivity contribution < 1.29 is 23.8 Å². The average molecular weight is 550 g/mol. The van der Waals surface area contributed by atoms with Gasteiger partial charge in [-0.15, -0.1) is 6.58 Å². The van der Waals surface area contributed by atoms with Gasteiger partial charge in [0.1, 0.15) is 5.75 Å².